The predicted molar refractivity (Wildman–Crippen MR) is 64.9 cm³/mol. The normalized spacial score (nSPS) is 19.7. The summed E-state index contributed by atoms with van der Waals surface area (Å²) < 4.78 is 13.6. The molecule has 1 aliphatic carbocycles. The molecule has 17 heavy (non-hydrogen) atoms. The first kappa shape index (κ1) is 12.1. The lowest BCUT2D eigenvalue weighted by Gasteiger charge is -2.20. The minimum atomic E-state index is -0.0971. The molecule has 0 aliphatic heterocycles. The first-order valence-electron chi connectivity index (χ1n) is 6.16. The van der Waals surface area contributed by atoms with Gasteiger partial charge in [-0.3, -0.25) is 0 Å². The van der Waals surface area contributed by atoms with Crippen LogP contribution in [0.15, 0.2) is 18.2 Å². The zero-order valence-corrected chi connectivity index (χ0v) is 10.0. The van der Waals surface area contributed by atoms with Gasteiger partial charge in [-0.15, -0.1) is 0 Å². The van der Waals surface area contributed by atoms with E-state index in [-0.39, 0.29) is 17.9 Å². The van der Waals surface area contributed by atoms with Crippen LogP contribution in [0.4, 0.5) is 4.39 Å². The Hall–Kier alpha value is -1.40. The summed E-state index contributed by atoms with van der Waals surface area (Å²) in [4.78, 5) is 0. The van der Waals surface area contributed by atoms with Crippen LogP contribution in [0.5, 0.6) is 0 Å². The Morgan fingerprint density at radius 1 is 1.59 bits per heavy atom. The van der Waals surface area contributed by atoms with E-state index >= 15 is 0 Å². The number of halogens is 1. The van der Waals surface area contributed by atoms with Crippen molar-refractivity contribution in [1.29, 1.82) is 5.26 Å². The molecule has 0 saturated heterocycles. The highest BCUT2D eigenvalue weighted by Gasteiger charge is 2.26. The molecular weight excluding hydrogens is 215 g/mol. The van der Waals surface area contributed by atoms with Crippen molar-refractivity contribution >= 4 is 0 Å². The fraction of sp³-hybridized carbons (Fsp3) is 0.500. The van der Waals surface area contributed by atoms with E-state index in [1.165, 1.54) is 6.07 Å². The molecule has 1 aromatic carbocycles. The molecule has 2 atom stereocenters. The molecular formula is C14H17FN2. The van der Waals surface area contributed by atoms with Gasteiger partial charge in [0.1, 0.15) is 5.82 Å². The molecule has 1 N–H and O–H groups in total. The molecule has 0 aromatic heterocycles. The third-order valence-corrected chi connectivity index (χ3v) is 3.48. The SMILES string of the molecule is CCC(CC#N)NC1CCc2c(F)cccc21. The second-order valence-electron chi connectivity index (χ2n) is 4.53. The fourth-order valence-electron chi connectivity index (χ4n) is 2.50. The average Bonchev–Trinajstić information content (AvgIpc) is 2.73. The van der Waals surface area contributed by atoms with E-state index in [9.17, 15) is 4.39 Å². The van der Waals surface area contributed by atoms with Crippen LogP contribution in [-0.4, -0.2) is 6.04 Å². The average molecular weight is 232 g/mol. The van der Waals surface area contributed by atoms with Crippen molar-refractivity contribution in [2.24, 2.45) is 0 Å². The van der Waals surface area contributed by atoms with E-state index in [0.29, 0.717) is 6.42 Å². The Morgan fingerprint density at radius 2 is 2.41 bits per heavy atom. The van der Waals surface area contributed by atoms with Crippen LogP contribution in [0.2, 0.25) is 0 Å². The molecule has 3 heteroatoms. The smallest absolute Gasteiger partial charge is 0.126 e. The second kappa shape index (κ2) is 5.29. The summed E-state index contributed by atoms with van der Waals surface area (Å²) in [7, 11) is 0. The van der Waals surface area contributed by atoms with Crippen molar-refractivity contribution in [3.05, 3.63) is 35.1 Å². The molecule has 0 radical (unpaired) electrons. The largest absolute Gasteiger partial charge is 0.306 e. The standard InChI is InChI=1S/C14H17FN2/c1-2-10(8-9-16)17-14-7-6-11-12(14)4-3-5-13(11)15/h3-5,10,14,17H,2,6-8H2,1H3. The third kappa shape index (κ3) is 2.48. The van der Waals surface area contributed by atoms with Crippen molar-refractivity contribution in [3.63, 3.8) is 0 Å². The summed E-state index contributed by atoms with van der Waals surface area (Å²) in [5.41, 5.74) is 1.92. The summed E-state index contributed by atoms with van der Waals surface area (Å²) in [6.45, 7) is 2.07. The molecule has 2 nitrogen and oxygen atoms in total. The zero-order valence-electron chi connectivity index (χ0n) is 10.0. The van der Waals surface area contributed by atoms with Gasteiger partial charge in [-0.2, -0.15) is 5.26 Å². The lowest BCUT2D eigenvalue weighted by molar-refractivity contribution is 0.426. The van der Waals surface area contributed by atoms with Gasteiger partial charge < -0.3 is 5.32 Å². The van der Waals surface area contributed by atoms with Crippen LogP contribution < -0.4 is 5.32 Å². The predicted octanol–water partition coefficient (Wildman–Crippen LogP) is 3.09. The van der Waals surface area contributed by atoms with E-state index in [1.54, 1.807) is 6.07 Å². The van der Waals surface area contributed by atoms with Crippen LogP contribution in [0.25, 0.3) is 0 Å². The monoisotopic (exact) mass is 232 g/mol. The highest BCUT2D eigenvalue weighted by atomic mass is 19.1. The number of hydrogen-bond acceptors (Lipinski definition) is 2. The van der Waals surface area contributed by atoms with E-state index < -0.39 is 0 Å². The van der Waals surface area contributed by atoms with E-state index in [4.69, 9.17) is 5.26 Å². The minimum Gasteiger partial charge on any atom is -0.306 e. The highest BCUT2D eigenvalue weighted by molar-refractivity contribution is 5.35. The van der Waals surface area contributed by atoms with E-state index in [1.807, 2.05) is 6.07 Å². The number of rotatable bonds is 4. The molecule has 0 spiro atoms. The second-order valence-corrected chi connectivity index (χ2v) is 4.53. The maximum absolute atomic E-state index is 13.6. The van der Waals surface area contributed by atoms with Gasteiger partial charge in [-0.25, -0.2) is 4.39 Å². The molecule has 90 valence electrons. The van der Waals surface area contributed by atoms with Crippen LogP contribution in [0.3, 0.4) is 0 Å². The molecule has 1 aliphatic rings. The van der Waals surface area contributed by atoms with E-state index in [0.717, 1.165) is 30.4 Å². The van der Waals surface area contributed by atoms with Crippen LogP contribution >= 0.6 is 0 Å². The number of nitrogens with zero attached hydrogens (tertiary/aromatic N) is 1. The van der Waals surface area contributed by atoms with Crippen LogP contribution in [0, 0.1) is 17.1 Å². The topological polar surface area (TPSA) is 35.8 Å². The van der Waals surface area contributed by atoms with Gasteiger partial charge in [0.25, 0.3) is 0 Å². The van der Waals surface area contributed by atoms with Crippen molar-refractivity contribution in [2.45, 2.75) is 44.7 Å². The quantitative estimate of drug-likeness (QED) is 0.865. The Morgan fingerprint density at radius 3 is 3.12 bits per heavy atom. The zero-order chi connectivity index (χ0) is 12.3. The molecule has 0 heterocycles. The number of nitriles is 1. The summed E-state index contributed by atoms with van der Waals surface area (Å²) in [5, 5.41) is 12.2. The number of hydrogen-bond donors (Lipinski definition) is 1. The molecule has 2 rings (SSSR count). The number of benzene rings is 1. The third-order valence-electron chi connectivity index (χ3n) is 3.48. The molecule has 1 aromatic rings. The van der Waals surface area contributed by atoms with Gasteiger partial charge in [0.05, 0.1) is 12.5 Å². The molecule has 0 bridgehead atoms. The first-order valence-corrected chi connectivity index (χ1v) is 6.16. The van der Waals surface area contributed by atoms with E-state index in [2.05, 4.69) is 18.3 Å². The molecule has 0 amide bonds. The van der Waals surface area contributed by atoms with Crippen molar-refractivity contribution < 1.29 is 4.39 Å². The summed E-state index contributed by atoms with van der Waals surface area (Å²) >= 11 is 0. The van der Waals surface area contributed by atoms with Crippen LogP contribution in [0.1, 0.15) is 43.4 Å². The molecule has 0 saturated carbocycles. The number of fused-ring (bicyclic) bond motifs is 1. The van der Waals surface area contributed by atoms with Gasteiger partial charge >= 0.3 is 0 Å². The van der Waals surface area contributed by atoms with Gasteiger partial charge in [-0.1, -0.05) is 19.1 Å². The maximum Gasteiger partial charge on any atom is 0.126 e. The Balaban J connectivity index is 2.12. The number of nitrogens with one attached hydrogen (secondary N) is 1. The summed E-state index contributed by atoms with van der Waals surface area (Å²) in [6.07, 6.45) is 3.16. The van der Waals surface area contributed by atoms with Crippen molar-refractivity contribution in [1.82, 2.24) is 5.32 Å². The van der Waals surface area contributed by atoms with Crippen molar-refractivity contribution in [3.8, 4) is 6.07 Å². The Bertz CT molecular complexity index is 436. The first-order chi connectivity index (χ1) is 8.26. The Kier molecular flexibility index (Phi) is 3.75. The van der Waals surface area contributed by atoms with Gasteiger partial charge in [0, 0.05) is 12.1 Å². The molecule has 2 unspecified atom stereocenters. The highest BCUT2D eigenvalue weighted by Crippen LogP contribution is 2.33. The summed E-state index contributed by atoms with van der Waals surface area (Å²) in [5.74, 6) is -0.0971. The van der Waals surface area contributed by atoms with Crippen molar-refractivity contribution in [2.75, 3.05) is 0 Å². The van der Waals surface area contributed by atoms with Gasteiger partial charge in [0.2, 0.25) is 0 Å². The van der Waals surface area contributed by atoms with Gasteiger partial charge in [0.15, 0.2) is 0 Å². The minimum absolute atomic E-state index is 0.0971. The van der Waals surface area contributed by atoms with Gasteiger partial charge in [-0.05, 0) is 36.5 Å². The lowest BCUT2D eigenvalue weighted by Crippen LogP contribution is -2.31. The summed E-state index contributed by atoms with van der Waals surface area (Å²) in [6, 6.07) is 7.88. The fourth-order valence-corrected chi connectivity index (χ4v) is 2.50. The Labute approximate surface area is 101 Å². The lowest BCUT2D eigenvalue weighted by atomic mass is 10.1. The molecule has 0 fully saturated rings. The van der Waals surface area contributed by atoms with Crippen LogP contribution in [-0.2, 0) is 6.42 Å². The maximum atomic E-state index is 13.6.